The fourth-order valence-corrected chi connectivity index (χ4v) is 2.69. The molecule has 0 amide bonds. The molecule has 0 saturated heterocycles. The van der Waals surface area contributed by atoms with E-state index in [9.17, 15) is 9.59 Å². The molecule has 0 aliphatic rings. The number of nitrogens with two attached hydrogens (primary N) is 2. The summed E-state index contributed by atoms with van der Waals surface area (Å²) < 4.78 is 9.20. The van der Waals surface area contributed by atoms with Crippen LogP contribution in [0.2, 0.25) is 0 Å². The van der Waals surface area contributed by atoms with Crippen LogP contribution in [0.3, 0.4) is 0 Å². The van der Waals surface area contributed by atoms with Crippen molar-refractivity contribution in [2.24, 2.45) is 11.5 Å². The molecule has 0 saturated carbocycles. The lowest BCUT2D eigenvalue weighted by Crippen LogP contribution is -3.00. The summed E-state index contributed by atoms with van der Waals surface area (Å²) in [6.07, 6.45) is 0.750. The number of aromatic hydroxyl groups is 2. The minimum Gasteiger partial charge on any atom is -1.00 e. The number of hydrogen-bond acceptors (Lipinski definition) is 8. The quantitative estimate of drug-likeness (QED) is 0.298. The predicted molar refractivity (Wildman–Crippen MR) is 113 cm³/mol. The van der Waals surface area contributed by atoms with Crippen molar-refractivity contribution < 1.29 is 54.1 Å². The lowest BCUT2D eigenvalue weighted by atomic mass is 9.94. The minimum absolute atomic E-state index is 0. The third-order valence-electron chi connectivity index (χ3n) is 4.32. The van der Waals surface area contributed by atoms with Gasteiger partial charge < -0.3 is 56.0 Å². The Hall–Kier alpha value is -2.52. The normalized spacial score (nSPS) is 13.4. The Morgan fingerprint density at radius 1 is 0.719 bits per heavy atom. The van der Waals surface area contributed by atoms with E-state index in [1.807, 2.05) is 0 Å². The molecule has 0 bridgehead atoms. The van der Waals surface area contributed by atoms with E-state index in [0.717, 1.165) is 11.1 Å². The number of carbonyl (C=O) groups excluding carboxylic acids is 2. The molecular weight excluding hydrogens is 459 g/mol. The largest absolute Gasteiger partial charge is 1.00 e. The number of halogens is 2. The highest BCUT2D eigenvalue weighted by Gasteiger charge is 2.30. The first-order valence-corrected chi connectivity index (χ1v) is 9.21. The van der Waals surface area contributed by atoms with Gasteiger partial charge >= 0.3 is 11.9 Å². The van der Waals surface area contributed by atoms with Crippen LogP contribution in [0.4, 0.5) is 0 Å². The Kier molecular flexibility index (Phi) is 13.7. The average molecular weight is 489 g/mol. The van der Waals surface area contributed by atoms with Crippen molar-refractivity contribution in [2.45, 2.75) is 37.8 Å². The van der Waals surface area contributed by atoms with Gasteiger partial charge in [-0.25, -0.2) is 0 Å². The predicted octanol–water partition coefficient (Wildman–Crippen LogP) is -4.34. The van der Waals surface area contributed by atoms with Crippen LogP contribution < -0.4 is 36.3 Å². The average Bonchev–Trinajstić information content (AvgIpc) is 2.70. The number of benzene rings is 2. The highest BCUT2D eigenvalue weighted by Crippen LogP contribution is 2.16. The van der Waals surface area contributed by atoms with E-state index in [4.69, 9.17) is 21.7 Å². The number of carbonyl (C=O) groups is 2. The monoisotopic (exact) mass is 488 g/mol. The number of esters is 2. The van der Waals surface area contributed by atoms with Gasteiger partial charge in [0.05, 0.1) is 14.2 Å². The maximum atomic E-state index is 11.3. The summed E-state index contributed by atoms with van der Waals surface area (Å²) in [5, 5.41) is 18.2. The summed E-state index contributed by atoms with van der Waals surface area (Å²) in [4.78, 5) is 22.6. The molecule has 2 rings (SSSR count). The Morgan fingerprint density at radius 3 is 1.19 bits per heavy atom. The van der Waals surface area contributed by atoms with Crippen molar-refractivity contribution in [1.82, 2.24) is 0 Å². The summed E-state index contributed by atoms with van der Waals surface area (Å²) in [5.74, 6) is -0.516. The fraction of sp³-hybridized carbons (Fsp3) is 0.364. The number of hydrogen-bond donors (Lipinski definition) is 4. The second-order valence-corrected chi connectivity index (χ2v) is 7.50. The van der Waals surface area contributed by atoms with Gasteiger partial charge in [0.1, 0.15) is 22.6 Å². The summed E-state index contributed by atoms with van der Waals surface area (Å²) in [6, 6.07) is 13.1. The first-order valence-electron chi connectivity index (χ1n) is 9.21. The molecule has 180 valence electrons. The number of rotatable bonds is 6. The van der Waals surface area contributed by atoms with Crippen molar-refractivity contribution in [3.05, 3.63) is 59.7 Å². The molecular formula is C22H30Cl2N2O6-2. The van der Waals surface area contributed by atoms with E-state index in [1.165, 1.54) is 14.2 Å². The van der Waals surface area contributed by atoms with E-state index in [2.05, 4.69) is 9.47 Å². The van der Waals surface area contributed by atoms with Crippen molar-refractivity contribution in [3.8, 4) is 11.5 Å². The number of phenols is 2. The third kappa shape index (κ3) is 10.2. The van der Waals surface area contributed by atoms with Crippen molar-refractivity contribution in [2.75, 3.05) is 14.2 Å². The Morgan fingerprint density at radius 2 is 0.969 bits per heavy atom. The second kappa shape index (κ2) is 13.8. The standard InChI is InChI=1S/2C11H15NO3.2ClH/c2*1-11(12,10(14)15-2)7-8-3-5-9(13)6-4-8;;/h2*3-6,13H,7,12H2,1-2H3;2*1H/p-2/t2*11-;;/m10../s1. The van der Waals surface area contributed by atoms with E-state index in [0.29, 0.717) is 12.8 Å². The van der Waals surface area contributed by atoms with E-state index in [-0.39, 0.29) is 36.3 Å². The van der Waals surface area contributed by atoms with E-state index < -0.39 is 23.0 Å². The Balaban J connectivity index is 0. The zero-order valence-electron chi connectivity index (χ0n) is 18.5. The van der Waals surface area contributed by atoms with Crippen LogP contribution in [0.1, 0.15) is 25.0 Å². The topological polar surface area (TPSA) is 145 Å². The summed E-state index contributed by atoms with van der Waals surface area (Å²) in [7, 11) is 2.62. The van der Waals surface area contributed by atoms with Gasteiger partial charge in [-0.2, -0.15) is 0 Å². The molecule has 2 aromatic rings. The van der Waals surface area contributed by atoms with Crippen molar-refractivity contribution in [3.63, 3.8) is 0 Å². The highest BCUT2D eigenvalue weighted by molar-refractivity contribution is 5.80. The molecule has 8 nitrogen and oxygen atoms in total. The van der Waals surface area contributed by atoms with E-state index in [1.54, 1.807) is 62.4 Å². The van der Waals surface area contributed by atoms with Crippen LogP contribution in [-0.2, 0) is 31.9 Å². The molecule has 0 aliphatic heterocycles. The van der Waals surface area contributed by atoms with Crippen molar-refractivity contribution >= 4 is 11.9 Å². The van der Waals surface area contributed by atoms with Gasteiger partial charge in [-0.1, -0.05) is 24.3 Å². The number of ether oxygens (including phenoxy) is 2. The molecule has 0 heterocycles. The molecule has 2 aromatic carbocycles. The van der Waals surface area contributed by atoms with Crippen LogP contribution in [-0.4, -0.2) is 47.4 Å². The summed E-state index contributed by atoms with van der Waals surface area (Å²) >= 11 is 0. The second-order valence-electron chi connectivity index (χ2n) is 7.50. The molecule has 0 radical (unpaired) electrons. The van der Waals surface area contributed by atoms with E-state index >= 15 is 0 Å². The lowest BCUT2D eigenvalue weighted by Gasteiger charge is -2.21. The molecule has 0 fully saturated rings. The molecule has 32 heavy (non-hydrogen) atoms. The van der Waals surface area contributed by atoms with Crippen LogP contribution in [0.25, 0.3) is 0 Å². The number of methoxy groups -OCH3 is 2. The van der Waals surface area contributed by atoms with Crippen LogP contribution in [0.15, 0.2) is 48.5 Å². The molecule has 6 N–H and O–H groups in total. The molecule has 10 heteroatoms. The Bertz CT molecular complexity index is 769. The first-order chi connectivity index (χ1) is 13.9. The Labute approximate surface area is 200 Å². The highest BCUT2D eigenvalue weighted by atomic mass is 35.5. The molecule has 2 atom stereocenters. The zero-order chi connectivity index (χ0) is 22.9. The lowest BCUT2D eigenvalue weighted by molar-refractivity contribution is -0.147. The number of phenolic OH excluding ortho intramolecular Hbond substituents is 2. The van der Waals surface area contributed by atoms with Gasteiger partial charge in [-0.15, -0.1) is 0 Å². The SMILES string of the molecule is COC(=O)[C@@](C)(N)Cc1ccc(O)cc1.COC(=O)[C@](C)(N)Cc1ccc(O)cc1.[Cl-].[Cl-]. The van der Waals surface area contributed by atoms with Crippen LogP contribution >= 0.6 is 0 Å². The van der Waals surface area contributed by atoms with Crippen LogP contribution in [0, 0.1) is 0 Å². The van der Waals surface area contributed by atoms with Gasteiger partial charge in [-0.05, 0) is 49.2 Å². The first kappa shape index (κ1) is 31.7. The van der Waals surface area contributed by atoms with Gasteiger partial charge in [0, 0.05) is 12.8 Å². The minimum atomic E-state index is -1.04. The van der Waals surface area contributed by atoms with Gasteiger partial charge in [0.15, 0.2) is 0 Å². The molecule has 0 unspecified atom stereocenters. The third-order valence-corrected chi connectivity index (χ3v) is 4.32. The maximum Gasteiger partial charge on any atom is 0.325 e. The zero-order valence-corrected chi connectivity index (χ0v) is 20.0. The van der Waals surface area contributed by atoms with Crippen LogP contribution in [0.5, 0.6) is 11.5 Å². The summed E-state index contributed by atoms with van der Waals surface area (Å²) in [6.45, 7) is 3.23. The van der Waals surface area contributed by atoms with Gasteiger partial charge in [0.25, 0.3) is 0 Å². The van der Waals surface area contributed by atoms with Gasteiger partial charge in [0.2, 0.25) is 0 Å². The maximum absolute atomic E-state index is 11.3. The summed E-state index contributed by atoms with van der Waals surface area (Å²) in [5.41, 5.74) is 11.3. The van der Waals surface area contributed by atoms with Gasteiger partial charge in [-0.3, -0.25) is 9.59 Å². The smallest absolute Gasteiger partial charge is 0.325 e. The molecule has 0 aliphatic carbocycles. The fourth-order valence-electron chi connectivity index (χ4n) is 2.69. The molecule has 0 spiro atoms. The van der Waals surface area contributed by atoms with Crippen molar-refractivity contribution in [1.29, 1.82) is 0 Å². The molecule has 0 aromatic heterocycles.